The van der Waals surface area contributed by atoms with Crippen molar-refractivity contribution in [2.24, 2.45) is 0 Å². The van der Waals surface area contributed by atoms with Gasteiger partial charge in [0.15, 0.2) is 0 Å². The van der Waals surface area contributed by atoms with E-state index in [1.165, 1.54) is 0 Å². The van der Waals surface area contributed by atoms with E-state index >= 15 is 0 Å². The number of hydrogen-bond acceptors (Lipinski definition) is 7. The largest absolute Gasteiger partial charge is 0.507 e. The molecular weight excluding hydrogens is 606 g/mol. The van der Waals surface area contributed by atoms with E-state index in [4.69, 9.17) is 11.6 Å². The van der Waals surface area contributed by atoms with Gasteiger partial charge in [-0.05, 0) is 66.6 Å². The summed E-state index contributed by atoms with van der Waals surface area (Å²) in [4.78, 5) is 13.4. The quantitative estimate of drug-likeness (QED) is 0.190. The highest BCUT2D eigenvalue weighted by Crippen LogP contribution is 2.43. The molecule has 0 radical (unpaired) electrons. The monoisotopic (exact) mass is 665 g/mol. The lowest BCUT2D eigenvalue weighted by Crippen LogP contribution is -2.31. The number of aromatic hydroxyl groups is 2. The highest BCUT2D eigenvalue weighted by molar-refractivity contribution is 6.28. The summed E-state index contributed by atoms with van der Waals surface area (Å²) < 4.78 is 0. The summed E-state index contributed by atoms with van der Waals surface area (Å²) in [7, 11) is 0. The van der Waals surface area contributed by atoms with Crippen molar-refractivity contribution in [3.05, 3.63) is 62.9 Å². The average molecular weight is 666 g/mol. The Morgan fingerprint density at radius 1 is 0.489 bits per heavy atom. The Bertz CT molecular complexity index is 1410. The second-order valence-corrected chi connectivity index (χ2v) is 18.9. The number of halogens is 1. The Morgan fingerprint density at radius 2 is 0.745 bits per heavy atom. The molecule has 0 atom stereocenters. The average Bonchev–Trinajstić information content (AvgIpc) is 2.88. The maximum atomic E-state index is 11.2. The molecule has 1 heterocycles. The van der Waals surface area contributed by atoms with Crippen LogP contribution in [0.15, 0.2) is 24.3 Å². The highest BCUT2D eigenvalue weighted by atomic mass is 35.5. The van der Waals surface area contributed by atoms with Gasteiger partial charge in [-0.1, -0.05) is 135 Å². The van der Waals surface area contributed by atoms with Crippen LogP contribution in [0.5, 0.6) is 11.5 Å². The number of nitrogens with one attached hydrogen (secondary N) is 2. The van der Waals surface area contributed by atoms with Crippen LogP contribution in [0.25, 0.3) is 0 Å². The van der Waals surface area contributed by atoms with Crippen LogP contribution >= 0.6 is 11.6 Å². The second kappa shape index (κ2) is 12.8. The second-order valence-electron chi connectivity index (χ2n) is 18.6. The van der Waals surface area contributed by atoms with E-state index < -0.39 is 0 Å². The molecule has 0 aliphatic carbocycles. The first-order valence-corrected chi connectivity index (χ1v) is 17.1. The normalized spacial score (nSPS) is 13.6. The molecule has 0 aliphatic heterocycles. The Labute approximate surface area is 289 Å². The topological polar surface area (TPSA) is 103 Å². The fraction of sp³-hybridized carbons (Fsp3) is 0.615. The van der Waals surface area contributed by atoms with Gasteiger partial charge in [0.2, 0.25) is 17.2 Å². The van der Waals surface area contributed by atoms with Crippen LogP contribution in [0, 0.1) is 0 Å². The lowest BCUT2D eigenvalue weighted by atomic mass is 9.74. The van der Waals surface area contributed by atoms with Crippen LogP contribution in [-0.2, 0) is 32.5 Å². The SMILES string of the molecule is CC(C)(C)c1cc(C(C)(C)CNc2nc(Cl)nc(NCC(C)(C)c3cc(C(C)(C)C)c(O)c(C(C)(C)C)c3)n2)cc(C(C)(C)C)c1O. The molecule has 0 unspecified atom stereocenters. The standard InChI is InChI=1S/C39H60ClN5O2/c1-34(2,3)25-17-23(18-26(29(25)46)35(4,5)6)38(13,14)21-41-32-43-31(40)44-33(45-32)42-22-39(15,16)24-19-27(36(7,8)9)30(47)28(20-24)37(10,11)12/h17-20,46-47H,21-22H2,1-16H3,(H2,41,42,43,44,45). The van der Waals surface area contributed by atoms with Gasteiger partial charge < -0.3 is 20.8 Å². The first-order valence-electron chi connectivity index (χ1n) is 16.7. The van der Waals surface area contributed by atoms with Crippen LogP contribution in [0.3, 0.4) is 0 Å². The van der Waals surface area contributed by atoms with Crippen molar-refractivity contribution in [2.75, 3.05) is 23.7 Å². The first-order chi connectivity index (χ1) is 21.0. The van der Waals surface area contributed by atoms with Gasteiger partial charge in [0.1, 0.15) is 11.5 Å². The minimum Gasteiger partial charge on any atom is -0.507 e. The van der Waals surface area contributed by atoms with Gasteiger partial charge in [-0.2, -0.15) is 15.0 Å². The zero-order chi connectivity index (χ0) is 36.1. The third-order valence-electron chi connectivity index (χ3n) is 9.00. The van der Waals surface area contributed by atoms with E-state index in [1.807, 2.05) is 0 Å². The molecule has 7 nitrogen and oxygen atoms in total. The maximum Gasteiger partial charge on any atom is 0.228 e. The van der Waals surface area contributed by atoms with Gasteiger partial charge in [0.25, 0.3) is 0 Å². The molecule has 8 heteroatoms. The summed E-state index contributed by atoms with van der Waals surface area (Å²) >= 11 is 6.40. The van der Waals surface area contributed by atoms with E-state index in [1.54, 1.807) is 0 Å². The molecule has 0 fully saturated rings. The van der Waals surface area contributed by atoms with E-state index in [0.717, 1.165) is 33.4 Å². The molecule has 3 rings (SSSR count). The van der Waals surface area contributed by atoms with Crippen molar-refractivity contribution in [3.63, 3.8) is 0 Å². The Morgan fingerprint density at radius 3 is 0.979 bits per heavy atom. The third-order valence-corrected chi connectivity index (χ3v) is 9.17. The summed E-state index contributed by atoms with van der Waals surface area (Å²) in [6.07, 6.45) is 0. The van der Waals surface area contributed by atoms with Crippen molar-refractivity contribution in [1.29, 1.82) is 0 Å². The molecule has 0 saturated carbocycles. The number of benzene rings is 2. The third kappa shape index (κ3) is 9.10. The van der Waals surface area contributed by atoms with Crippen LogP contribution < -0.4 is 10.6 Å². The number of aromatic nitrogens is 3. The summed E-state index contributed by atoms with van der Waals surface area (Å²) in [5.74, 6) is 1.52. The lowest BCUT2D eigenvalue weighted by molar-refractivity contribution is 0.419. The highest BCUT2D eigenvalue weighted by Gasteiger charge is 2.32. The molecule has 0 aliphatic rings. The number of phenolic OH excluding ortho intramolecular Hbond substituents is 2. The molecule has 1 aromatic heterocycles. The predicted molar refractivity (Wildman–Crippen MR) is 199 cm³/mol. The van der Waals surface area contributed by atoms with Gasteiger partial charge in [-0.25, -0.2) is 0 Å². The van der Waals surface area contributed by atoms with Gasteiger partial charge in [0, 0.05) is 23.9 Å². The number of nitrogens with zero attached hydrogens (tertiary/aromatic N) is 3. The van der Waals surface area contributed by atoms with Gasteiger partial charge in [-0.3, -0.25) is 0 Å². The lowest BCUT2D eigenvalue weighted by Gasteiger charge is -2.33. The number of hydrogen-bond donors (Lipinski definition) is 4. The minimum absolute atomic E-state index is 0.102. The number of phenols is 2. The molecule has 0 bridgehead atoms. The molecule has 3 aromatic rings. The van der Waals surface area contributed by atoms with E-state index in [-0.39, 0.29) is 37.8 Å². The number of anilines is 2. The molecule has 4 N–H and O–H groups in total. The Hall–Kier alpha value is -3.06. The molecular formula is C39H60ClN5O2. The first kappa shape index (κ1) is 38.4. The van der Waals surface area contributed by atoms with Crippen molar-refractivity contribution < 1.29 is 10.2 Å². The van der Waals surface area contributed by atoms with Gasteiger partial charge >= 0.3 is 0 Å². The van der Waals surface area contributed by atoms with Gasteiger partial charge in [0.05, 0.1) is 0 Å². The summed E-state index contributed by atoms with van der Waals surface area (Å²) in [5.41, 5.74) is 4.45. The van der Waals surface area contributed by atoms with Crippen LogP contribution in [-0.4, -0.2) is 38.3 Å². The molecule has 260 valence electrons. The van der Waals surface area contributed by atoms with Crippen molar-refractivity contribution in [3.8, 4) is 11.5 Å². The fourth-order valence-corrected chi connectivity index (χ4v) is 5.81. The molecule has 2 aromatic carbocycles. The zero-order valence-corrected chi connectivity index (χ0v) is 32.6. The molecule has 0 spiro atoms. The molecule has 47 heavy (non-hydrogen) atoms. The van der Waals surface area contributed by atoms with E-state index in [9.17, 15) is 10.2 Å². The summed E-state index contributed by atoms with van der Waals surface area (Å²) in [6, 6.07) is 8.50. The van der Waals surface area contributed by atoms with Gasteiger partial charge in [-0.15, -0.1) is 0 Å². The maximum absolute atomic E-state index is 11.2. The molecule has 0 amide bonds. The molecule has 0 saturated heterocycles. The predicted octanol–water partition coefficient (Wildman–Crippen LogP) is 9.91. The van der Waals surface area contributed by atoms with E-state index in [0.29, 0.717) is 36.5 Å². The van der Waals surface area contributed by atoms with Crippen LogP contribution in [0.4, 0.5) is 11.9 Å². The van der Waals surface area contributed by atoms with Crippen molar-refractivity contribution in [1.82, 2.24) is 15.0 Å². The van der Waals surface area contributed by atoms with E-state index in [2.05, 4.69) is 161 Å². The summed E-state index contributed by atoms with van der Waals surface area (Å²) in [5, 5.41) is 29.4. The smallest absolute Gasteiger partial charge is 0.228 e. The Kier molecular flexibility index (Phi) is 10.4. The van der Waals surface area contributed by atoms with Crippen molar-refractivity contribution >= 4 is 23.5 Å². The number of rotatable bonds is 8. The Balaban J connectivity index is 1.89. The van der Waals surface area contributed by atoms with Crippen molar-refractivity contribution in [2.45, 2.75) is 143 Å². The minimum atomic E-state index is -0.323. The van der Waals surface area contributed by atoms with Crippen LogP contribution in [0.1, 0.15) is 144 Å². The zero-order valence-electron chi connectivity index (χ0n) is 31.8. The fourth-order valence-electron chi connectivity index (χ4n) is 5.65. The summed E-state index contributed by atoms with van der Waals surface area (Å²) in [6.45, 7) is 35.3. The van der Waals surface area contributed by atoms with Crippen LogP contribution in [0.2, 0.25) is 5.28 Å².